The minimum Gasteiger partial charge on any atom is -0.493 e. The molecular weight excluding hydrogens is 386 g/mol. The molecule has 4 aromatic rings. The second-order valence-electron chi connectivity index (χ2n) is 6.35. The Morgan fingerprint density at radius 2 is 1.93 bits per heavy atom. The summed E-state index contributed by atoms with van der Waals surface area (Å²) >= 11 is 1.42. The second-order valence-corrected chi connectivity index (χ2v) is 7.20. The molecule has 0 aliphatic carbocycles. The van der Waals surface area contributed by atoms with Crippen LogP contribution in [0.2, 0.25) is 0 Å². The molecule has 0 radical (unpaired) electrons. The summed E-state index contributed by atoms with van der Waals surface area (Å²) in [5.74, 6) is 1.22. The lowest BCUT2D eigenvalue weighted by Gasteiger charge is -2.10. The fourth-order valence-corrected chi connectivity index (χ4v) is 4.15. The molecule has 2 aromatic carbocycles. The van der Waals surface area contributed by atoms with Crippen molar-refractivity contribution in [3.05, 3.63) is 75.7 Å². The van der Waals surface area contributed by atoms with Crippen LogP contribution in [0.15, 0.2) is 59.0 Å². The summed E-state index contributed by atoms with van der Waals surface area (Å²) in [5.41, 5.74) is 2.83. The number of aromatic nitrogens is 2. The molecule has 0 unspecified atom stereocenters. The molecule has 2 aromatic heterocycles. The molecule has 0 spiro atoms. The largest absolute Gasteiger partial charge is 0.493 e. The topological polar surface area (TPSA) is 77.1 Å². The van der Waals surface area contributed by atoms with E-state index >= 15 is 0 Å². The van der Waals surface area contributed by atoms with E-state index in [9.17, 15) is 10.1 Å². The molecule has 144 valence electrons. The van der Waals surface area contributed by atoms with Gasteiger partial charge in [0, 0.05) is 10.9 Å². The third kappa shape index (κ3) is 3.35. The predicted molar refractivity (Wildman–Crippen MR) is 113 cm³/mol. The Hall–Kier alpha value is -3.63. The van der Waals surface area contributed by atoms with Crippen molar-refractivity contribution in [2.45, 2.75) is 6.54 Å². The molecule has 6 nitrogen and oxygen atoms in total. The van der Waals surface area contributed by atoms with E-state index in [-0.39, 0.29) is 12.1 Å². The van der Waals surface area contributed by atoms with Crippen LogP contribution in [0.25, 0.3) is 21.3 Å². The van der Waals surface area contributed by atoms with Crippen LogP contribution < -0.4 is 15.0 Å². The number of ether oxygens (including phenoxy) is 2. The lowest BCUT2D eigenvalue weighted by atomic mass is 10.1. The maximum absolute atomic E-state index is 13.3. The van der Waals surface area contributed by atoms with E-state index in [1.807, 2.05) is 35.7 Å². The molecular formula is C22H17N3O3S. The van der Waals surface area contributed by atoms with Crippen molar-refractivity contribution in [3.63, 3.8) is 0 Å². The summed E-state index contributed by atoms with van der Waals surface area (Å²) in [6, 6.07) is 15.0. The zero-order valence-corrected chi connectivity index (χ0v) is 16.7. The second kappa shape index (κ2) is 7.78. The molecule has 0 atom stereocenters. The number of thiophene rings is 1. The van der Waals surface area contributed by atoms with Gasteiger partial charge in [0.2, 0.25) is 0 Å². The molecule has 7 heteroatoms. The number of nitriles is 1. The third-order valence-electron chi connectivity index (χ3n) is 4.73. The predicted octanol–water partition coefficient (Wildman–Crippen LogP) is 4.06. The van der Waals surface area contributed by atoms with Gasteiger partial charge < -0.3 is 9.47 Å². The Morgan fingerprint density at radius 3 is 2.69 bits per heavy atom. The van der Waals surface area contributed by atoms with E-state index in [0.29, 0.717) is 27.3 Å². The molecule has 0 saturated carbocycles. The van der Waals surface area contributed by atoms with Crippen LogP contribution in [0.4, 0.5) is 0 Å². The summed E-state index contributed by atoms with van der Waals surface area (Å²) in [5, 5.41) is 11.8. The van der Waals surface area contributed by atoms with Crippen LogP contribution in [-0.2, 0) is 6.54 Å². The third-order valence-corrected chi connectivity index (χ3v) is 5.62. The highest BCUT2D eigenvalue weighted by atomic mass is 32.1. The number of fused-ring (bicyclic) bond motifs is 1. The first-order valence-electron chi connectivity index (χ1n) is 8.83. The Labute approximate surface area is 171 Å². The SMILES string of the molecule is COc1ccc(-c2csc3ncn(Cc4ccccc4C#N)c(=O)c23)cc1OC. The van der Waals surface area contributed by atoms with Gasteiger partial charge in [0.25, 0.3) is 5.56 Å². The number of hydrogen-bond acceptors (Lipinski definition) is 6. The monoisotopic (exact) mass is 403 g/mol. The molecule has 0 amide bonds. The first-order chi connectivity index (χ1) is 14.2. The molecule has 4 rings (SSSR count). The lowest BCUT2D eigenvalue weighted by molar-refractivity contribution is 0.355. The summed E-state index contributed by atoms with van der Waals surface area (Å²) in [6.07, 6.45) is 1.54. The normalized spacial score (nSPS) is 10.7. The van der Waals surface area contributed by atoms with Crippen molar-refractivity contribution in [2.24, 2.45) is 0 Å². The standard InChI is InChI=1S/C22H17N3O3S/c1-27-18-8-7-14(9-19(18)28-2)17-12-29-21-20(17)22(26)25(13-24-21)11-16-6-4-3-5-15(16)10-23/h3-9,12-13H,11H2,1-2H3. The van der Waals surface area contributed by atoms with Crippen LogP contribution in [0.1, 0.15) is 11.1 Å². The van der Waals surface area contributed by atoms with E-state index in [4.69, 9.17) is 9.47 Å². The number of benzene rings is 2. The van der Waals surface area contributed by atoms with Crippen molar-refractivity contribution >= 4 is 21.6 Å². The fraction of sp³-hybridized carbons (Fsp3) is 0.136. The van der Waals surface area contributed by atoms with Gasteiger partial charge in [0.05, 0.1) is 44.1 Å². The van der Waals surface area contributed by atoms with Gasteiger partial charge in [-0.05, 0) is 29.3 Å². The number of hydrogen-bond donors (Lipinski definition) is 0. The fourth-order valence-electron chi connectivity index (χ4n) is 3.25. The highest BCUT2D eigenvalue weighted by molar-refractivity contribution is 7.17. The van der Waals surface area contributed by atoms with Gasteiger partial charge in [-0.3, -0.25) is 9.36 Å². The molecule has 0 N–H and O–H groups in total. The van der Waals surface area contributed by atoms with E-state index in [1.165, 1.54) is 22.2 Å². The van der Waals surface area contributed by atoms with Crippen LogP contribution >= 0.6 is 11.3 Å². The average molecular weight is 403 g/mol. The van der Waals surface area contributed by atoms with Crippen molar-refractivity contribution < 1.29 is 9.47 Å². The molecule has 2 heterocycles. The Bertz CT molecular complexity index is 1300. The average Bonchev–Trinajstić information content (AvgIpc) is 3.20. The Balaban J connectivity index is 1.84. The zero-order valence-electron chi connectivity index (χ0n) is 15.9. The summed E-state index contributed by atoms with van der Waals surface area (Å²) < 4.78 is 12.2. The maximum atomic E-state index is 13.3. The molecule has 0 aliphatic heterocycles. The molecule has 0 fully saturated rings. The van der Waals surface area contributed by atoms with E-state index in [2.05, 4.69) is 11.1 Å². The van der Waals surface area contributed by atoms with Crippen molar-refractivity contribution in [3.8, 4) is 28.7 Å². The highest BCUT2D eigenvalue weighted by Gasteiger charge is 2.16. The molecule has 0 bridgehead atoms. The van der Waals surface area contributed by atoms with Gasteiger partial charge in [0.1, 0.15) is 4.83 Å². The van der Waals surface area contributed by atoms with Gasteiger partial charge in [-0.25, -0.2) is 4.98 Å². The van der Waals surface area contributed by atoms with Crippen LogP contribution in [0.3, 0.4) is 0 Å². The quantitative estimate of drug-likeness (QED) is 0.502. The van der Waals surface area contributed by atoms with Gasteiger partial charge >= 0.3 is 0 Å². The van der Waals surface area contributed by atoms with Gasteiger partial charge in [-0.2, -0.15) is 5.26 Å². The van der Waals surface area contributed by atoms with Crippen molar-refractivity contribution in [1.82, 2.24) is 9.55 Å². The van der Waals surface area contributed by atoms with Crippen molar-refractivity contribution in [1.29, 1.82) is 5.26 Å². The van der Waals surface area contributed by atoms with E-state index < -0.39 is 0 Å². The first kappa shape index (κ1) is 18.7. The zero-order chi connectivity index (χ0) is 20.4. The van der Waals surface area contributed by atoms with Crippen LogP contribution in [0.5, 0.6) is 11.5 Å². The summed E-state index contributed by atoms with van der Waals surface area (Å²) in [6.45, 7) is 0.284. The molecule has 0 saturated heterocycles. The smallest absolute Gasteiger partial charge is 0.263 e. The van der Waals surface area contributed by atoms with Gasteiger partial charge in [0.15, 0.2) is 11.5 Å². The van der Waals surface area contributed by atoms with Gasteiger partial charge in [-0.15, -0.1) is 11.3 Å². The van der Waals surface area contributed by atoms with Gasteiger partial charge in [-0.1, -0.05) is 24.3 Å². The highest BCUT2D eigenvalue weighted by Crippen LogP contribution is 2.36. The number of methoxy groups -OCH3 is 2. The Kier molecular flexibility index (Phi) is 5.02. The minimum absolute atomic E-state index is 0.145. The molecule has 29 heavy (non-hydrogen) atoms. The molecule has 0 aliphatic rings. The van der Waals surface area contributed by atoms with E-state index in [0.717, 1.165) is 16.7 Å². The van der Waals surface area contributed by atoms with E-state index in [1.54, 1.807) is 26.4 Å². The van der Waals surface area contributed by atoms with Crippen molar-refractivity contribution in [2.75, 3.05) is 14.2 Å². The maximum Gasteiger partial charge on any atom is 0.263 e. The Morgan fingerprint density at radius 1 is 1.14 bits per heavy atom. The lowest BCUT2D eigenvalue weighted by Crippen LogP contribution is -2.21. The summed E-state index contributed by atoms with van der Waals surface area (Å²) in [7, 11) is 3.16. The number of rotatable bonds is 5. The van der Waals surface area contributed by atoms with Crippen LogP contribution in [0, 0.1) is 11.3 Å². The van der Waals surface area contributed by atoms with Crippen LogP contribution in [-0.4, -0.2) is 23.8 Å². The summed E-state index contributed by atoms with van der Waals surface area (Å²) in [4.78, 5) is 18.4. The first-order valence-corrected chi connectivity index (χ1v) is 9.71. The minimum atomic E-state index is -0.145. The number of nitrogens with zero attached hydrogens (tertiary/aromatic N) is 3.